The van der Waals surface area contributed by atoms with Crippen LogP contribution in [0, 0.1) is 5.82 Å². The molecular weight excluding hydrogens is 239 g/mol. The van der Waals surface area contributed by atoms with Gasteiger partial charge < -0.3 is 4.42 Å². The third-order valence-electron chi connectivity index (χ3n) is 1.47. The maximum Gasteiger partial charge on any atom is 0.264 e. The average Bonchev–Trinajstić information content (AvgIpc) is 2.53. The average molecular weight is 243 g/mol. The lowest BCUT2D eigenvalue weighted by atomic mass is 10.3. The smallest absolute Gasteiger partial charge is 0.264 e. The SMILES string of the molecule is Fc1ccc(-c2coc(Br)n2)nc1. The van der Waals surface area contributed by atoms with Gasteiger partial charge in [-0.2, -0.15) is 0 Å². The monoisotopic (exact) mass is 242 g/mol. The zero-order valence-corrected chi connectivity index (χ0v) is 7.95. The van der Waals surface area contributed by atoms with Gasteiger partial charge in [0.15, 0.2) is 0 Å². The van der Waals surface area contributed by atoms with Crippen LogP contribution in [-0.2, 0) is 0 Å². The summed E-state index contributed by atoms with van der Waals surface area (Å²) in [5.41, 5.74) is 1.16. The molecule has 0 saturated heterocycles. The summed E-state index contributed by atoms with van der Waals surface area (Å²) >= 11 is 3.06. The lowest BCUT2D eigenvalue weighted by molar-refractivity contribution is 0.529. The van der Waals surface area contributed by atoms with Crippen LogP contribution in [0.4, 0.5) is 4.39 Å². The highest BCUT2D eigenvalue weighted by Crippen LogP contribution is 2.18. The quantitative estimate of drug-likeness (QED) is 0.772. The summed E-state index contributed by atoms with van der Waals surface area (Å²) in [5, 5.41) is 0. The summed E-state index contributed by atoms with van der Waals surface area (Å²) in [6.45, 7) is 0. The van der Waals surface area contributed by atoms with Crippen molar-refractivity contribution in [2.75, 3.05) is 0 Å². The molecule has 2 aromatic rings. The maximum atomic E-state index is 12.5. The zero-order chi connectivity index (χ0) is 9.26. The van der Waals surface area contributed by atoms with Crippen molar-refractivity contribution < 1.29 is 8.81 Å². The van der Waals surface area contributed by atoms with Crippen molar-refractivity contribution >= 4 is 15.9 Å². The topological polar surface area (TPSA) is 38.9 Å². The van der Waals surface area contributed by atoms with E-state index < -0.39 is 0 Å². The number of aromatic nitrogens is 2. The van der Waals surface area contributed by atoms with E-state index >= 15 is 0 Å². The lowest BCUT2D eigenvalue weighted by Crippen LogP contribution is -1.83. The molecule has 2 rings (SSSR count). The Morgan fingerprint density at radius 1 is 1.31 bits per heavy atom. The molecule has 0 unspecified atom stereocenters. The molecule has 0 spiro atoms. The number of nitrogens with zero attached hydrogens (tertiary/aromatic N) is 2. The van der Waals surface area contributed by atoms with Gasteiger partial charge in [0, 0.05) is 15.9 Å². The molecular formula is C8H4BrFN2O. The molecule has 66 valence electrons. The number of halogens is 2. The van der Waals surface area contributed by atoms with Crippen molar-refractivity contribution in [3.63, 3.8) is 0 Å². The zero-order valence-electron chi connectivity index (χ0n) is 6.37. The molecule has 0 radical (unpaired) electrons. The molecule has 0 amide bonds. The molecule has 0 bridgehead atoms. The fourth-order valence-electron chi connectivity index (χ4n) is 0.897. The van der Waals surface area contributed by atoms with Crippen LogP contribution in [0.2, 0.25) is 0 Å². The molecule has 0 aromatic carbocycles. The normalized spacial score (nSPS) is 10.3. The van der Waals surface area contributed by atoms with Crippen LogP contribution in [0.15, 0.2) is 33.8 Å². The van der Waals surface area contributed by atoms with Crippen molar-refractivity contribution in [2.24, 2.45) is 0 Å². The van der Waals surface area contributed by atoms with Crippen LogP contribution in [0.1, 0.15) is 0 Å². The molecule has 0 N–H and O–H groups in total. The standard InChI is InChI=1S/C8H4BrFN2O/c9-8-12-7(4-13-8)6-2-1-5(10)3-11-6/h1-4H. The van der Waals surface area contributed by atoms with E-state index in [0.29, 0.717) is 16.2 Å². The Balaban J connectivity index is 2.41. The Bertz CT molecular complexity index is 412. The van der Waals surface area contributed by atoms with Crippen LogP contribution >= 0.6 is 15.9 Å². The first-order valence-electron chi connectivity index (χ1n) is 3.48. The molecule has 0 aliphatic rings. The summed E-state index contributed by atoms with van der Waals surface area (Å²) in [6, 6.07) is 2.87. The van der Waals surface area contributed by atoms with E-state index in [0.717, 1.165) is 6.20 Å². The Morgan fingerprint density at radius 3 is 2.69 bits per heavy atom. The minimum Gasteiger partial charge on any atom is -0.439 e. The Morgan fingerprint density at radius 2 is 2.15 bits per heavy atom. The second-order valence-corrected chi connectivity index (χ2v) is 3.03. The summed E-state index contributed by atoms with van der Waals surface area (Å²) in [7, 11) is 0. The summed E-state index contributed by atoms with van der Waals surface area (Å²) in [4.78, 5) is 8.20. The Labute approximate surface area is 81.8 Å². The summed E-state index contributed by atoms with van der Waals surface area (Å²) in [5.74, 6) is -0.369. The summed E-state index contributed by atoms with van der Waals surface area (Å²) in [6.07, 6.45) is 2.59. The molecule has 0 saturated carbocycles. The van der Waals surface area contributed by atoms with E-state index in [1.807, 2.05) is 0 Å². The van der Waals surface area contributed by atoms with E-state index in [1.165, 1.54) is 12.3 Å². The van der Waals surface area contributed by atoms with E-state index in [9.17, 15) is 4.39 Å². The predicted molar refractivity (Wildman–Crippen MR) is 47.4 cm³/mol. The fraction of sp³-hybridized carbons (Fsp3) is 0. The van der Waals surface area contributed by atoms with Gasteiger partial charge >= 0.3 is 0 Å². The predicted octanol–water partition coefficient (Wildman–Crippen LogP) is 2.64. The number of hydrogen-bond donors (Lipinski definition) is 0. The maximum absolute atomic E-state index is 12.5. The van der Waals surface area contributed by atoms with Crippen molar-refractivity contribution in [2.45, 2.75) is 0 Å². The summed E-state index contributed by atoms with van der Waals surface area (Å²) < 4.78 is 17.4. The van der Waals surface area contributed by atoms with Crippen molar-refractivity contribution in [1.82, 2.24) is 9.97 Å². The van der Waals surface area contributed by atoms with Crippen LogP contribution in [0.25, 0.3) is 11.4 Å². The van der Waals surface area contributed by atoms with Gasteiger partial charge in [0.05, 0.1) is 11.9 Å². The highest BCUT2D eigenvalue weighted by atomic mass is 79.9. The first kappa shape index (κ1) is 8.37. The van der Waals surface area contributed by atoms with E-state index in [2.05, 4.69) is 25.9 Å². The largest absolute Gasteiger partial charge is 0.439 e. The van der Waals surface area contributed by atoms with Crippen LogP contribution in [0.3, 0.4) is 0 Å². The van der Waals surface area contributed by atoms with Gasteiger partial charge in [0.2, 0.25) is 0 Å². The van der Waals surface area contributed by atoms with Gasteiger partial charge in [-0.25, -0.2) is 9.37 Å². The van der Waals surface area contributed by atoms with Gasteiger partial charge in [-0.1, -0.05) is 0 Å². The van der Waals surface area contributed by atoms with Gasteiger partial charge in [-0.3, -0.25) is 4.98 Å². The second kappa shape index (κ2) is 3.26. The number of oxazole rings is 1. The van der Waals surface area contributed by atoms with Gasteiger partial charge in [-0.05, 0) is 12.1 Å². The number of pyridine rings is 1. The molecule has 0 aliphatic carbocycles. The van der Waals surface area contributed by atoms with E-state index in [1.54, 1.807) is 6.07 Å². The minimum atomic E-state index is -0.369. The highest BCUT2D eigenvalue weighted by Gasteiger charge is 2.04. The molecule has 0 fully saturated rings. The molecule has 0 aliphatic heterocycles. The van der Waals surface area contributed by atoms with Gasteiger partial charge in [-0.15, -0.1) is 0 Å². The first-order valence-corrected chi connectivity index (χ1v) is 4.28. The molecule has 2 aromatic heterocycles. The molecule has 5 heteroatoms. The van der Waals surface area contributed by atoms with E-state index in [-0.39, 0.29) is 5.82 Å². The third kappa shape index (κ3) is 1.75. The van der Waals surface area contributed by atoms with Crippen molar-refractivity contribution in [3.05, 3.63) is 35.2 Å². The molecule has 0 atom stereocenters. The highest BCUT2D eigenvalue weighted by molar-refractivity contribution is 9.10. The van der Waals surface area contributed by atoms with Gasteiger partial charge in [0.1, 0.15) is 17.8 Å². The Hall–Kier alpha value is -1.23. The fourth-order valence-corrected chi connectivity index (χ4v) is 1.18. The molecule has 3 nitrogen and oxygen atoms in total. The first-order chi connectivity index (χ1) is 6.25. The molecule has 13 heavy (non-hydrogen) atoms. The van der Waals surface area contributed by atoms with Crippen LogP contribution in [-0.4, -0.2) is 9.97 Å². The second-order valence-electron chi connectivity index (χ2n) is 2.35. The molecule has 2 heterocycles. The minimum absolute atomic E-state index is 0.369. The number of hydrogen-bond acceptors (Lipinski definition) is 3. The van der Waals surface area contributed by atoms with Crippen molar-refractivity contribution in [3.8, 4) is 11.4 Å². The van der Waals surface area contributed by atoms with Crippen molar-refractivity contribution in [1.29, 1.82) is 0 Å². The lowest BCUT2D eigenvalue weighted by Gasteiger charge is -1.92. The van der Waals surface area contributed by atoms with Gasteiger partial charge in [0.25, 0.3) is 4.80 Å². The van der Waals surface area contributed by atoms with E-state index in [4.69, 9.17) is 4.42 Å². The van der Waals surface area contributed by atoms with Crippen LogP contribution in [0.5, 0.6) is 0 Å². The van der Waals surface area contributed by atoms with Crippen LogP contribution < -0.4 is 0 Å². The number of rotatable bonds is 1. The Kier molecular flexibility index (Phi) is 2.10. The third-order valence-corrected chi connectivity index (χ3v) is 1.83.